The highest BCUT2D eigenvalue weighted by atomic mass is 16.5. The lowest BCUT2D eigenvalue weighted by molar-refractivity contribution is -0.123. The van der Waals surface area contributed by atoms with Crippen LogP contribution in [0.5, 0.6) is 23.0 Å². The van der Waals surface area contributed by atoms with Crippen LogP contribution in [0.1, 0.15) is 22.8 Å². The topological polar surface area (TPSA) is 95.5 Å². The van der Waals surface area contributed by atoms with Crippen molar-refractivity contribution in [1.29, 1.82) is 0 Å². The molecule has 8 heteroatoms. The first-order valence-corrected chi connectivity index (χ1v) is 11.6. The summed E-state index contributed by atoms with van der Waals surface area (Å²) in [4.78, 5) is 25.1. The summed E-state index contributed by atoms with van der Waals surface area (Å²) in [5, 5.41) is 5.81. The molecule has 0 bridgehead atoms. The predicted octanol–water partition coefficient (Wildman–Crippen LogP) is 5.00. The maximum absolute atomic E-state index is 12.8. The van der Waals surface area contributed by atoms with Crippen LogP contribution < -0.4 is 24.4 Å². The molecule has 0 saturated heterocycles. The number of nitrogens with zero attached hydrogens (tertiary/aromatic N) is 1. The summed E-state index contributed by atoms with van der Waals surface area (Å²) in [5.41, 5.74) is 3.37. The smallest absolute Gasteiger partial charge is 0.343 e. The number of hydrogen-bond donors (Lipinski definition) is 1. The van der Waals surface area contributed by atoms with Crippen molar-refractivity contribution in [3.8, 4) is 23.0 Å². The Labute approximate surface area is 214 Å². The van der Waals surface area contributed by atoms with E-state index < -0.39 is 11.9 Å². The van der Waals surface area contributed by atoms with E-state index in [1.54, 1.807) is 54.6 Å². The van der Waals surface area contributed by atoms with Gasteiger partial charge in [0.25, 0.3) is 5.91 Å². The molecule has 1 N–H and O–H groups in total. The van der Waals surface area contributed by atoms with Gasteiger partial charge in [-0.2, -0.15) is 5.10 Å². The van der Waals surface area contributed by atoms with Gasteiger partial charge in [-0.15, -0.1) is 0 Å². The summed E-state index contributed by atoms with van der Waals surface area (Å²) in [6.07, 6.45) is 1.45. The van der Waals surface area contributed by atoms with E-state index in [4.69, 9.17) is 18.9 Å². The van der Waals surface area contributed by atoms with Crippen molar-refractivity contribution in [1.82, 2.24) is 5.43 Å². The molecule has 0 saturated carbocycles. The van der Waals surface area contributed by atoms with Gasteiger partial charge in [-0.1, -0.05) is 42.5 Å². The largest absolute Gasteiger partial charge is 0.494 e. The van der Waals surface area contributed by atoms with Crippen LogP contribution in [0.3, 0.4) is 0 Å². The fourth-order valence-corrected chi connectivity index (χ4v) is 3.59. The number of esters is 1. The van der Waals surface area contributed by atoms with E-state index in [9.17, 15) is 9.59 Å². The molecule has 37 heavy (non-hydrogen) atoms. The fourth-order valence-electron chi connectivity index (χ4n) is 3.59. The molecule has 0 unspecified atom stereocenters. The summed E-state index contributed by atoms with van der Waals surface area (Å²) in [7, 11) is 1.52. The van der Waals surface area contributed by atoms with Gasteiger partial charge in [-0.3, -0.25) is 4.79 Å². The number of hydrazone groups is 1. The van der Waals surface area contributed by atoms with E-state index in [0.717, 1.165) is 10.8 Å². The molecule has 0 aliphatic rings. The molecule has 0 aromatic heterocycles. The van der Waals surface area contributed by atoms with Gasteiger partial charge in [0, 0.05) is 5.56 Å². The summed E-state index contributed by atoms with van der Waals surface area (Å²) in [6.45, 7) is 2.17. The molecule has 1 amide bonds. The first-order valence-electron chi connectivity index (χ1n) is 11.6. The van der Waals surface area contributed by atoms with E-state index in [-0.39, 0.29) is 6.61 Å². The van der Waals surface area contributed by atoms with Gasteiger partial charge in [-0.05, 0) is 60.2 Å². The third-order valence-corrected chi connectivity index (χ3v) is 5.35. The number of nitrogens with one attached hydrogen (secondary N) is 1. The van der Waals surface area contributed by atoms with Crippen LogP contribution in [-0.2, 0) is 4.79 Å². The van der Waals surface area contributed by atoms with Crippen molar-refractivity contribution < 1.29 is 28.5 Å². The lowest BCUT2D eigenvalue weighted by Crippen LogP contribution is -2.24. The lowest BCUT2D eigenvalue weighted by Gasteiger charge is -2.11. The van der Waals surface area contributed by atoms with Crippen molar-refractivity contribution in [2.24, 2.45) is 5.10 Å². The average molecular weight is 499 g/mol. The Bertz CT molecular complexity index is 1420. The molecular formula is C29H26N2O6. The Morgan fingerprint density at radius 3 is 2.32 bits per heavy atom. The van der Waals surface area contributed by atoms with Gasteiger partial charge in [0.15, 0.2) is 18.1 Å². The predicted molar refractivity (Wildman–Crippen MR) is 141 cm³/mol. The minimum absolute atomic E-state index is 0.257. The van der Waals surface area contributed by atoms with Crippen LogP contribution in [0, 0.1) is 0 Å². The summed E-state index contributed by atoms with van der Waals surface area (Å²) in [6, 6.07) is 24.9. The number of amides is 1. The molecule has 0 fully saturated rings. The zero-order valence-corrected chi connectivity index (χ0v) is 20.5. The lowest BCUT2D eigenvalue weighted by atomic mass is 10.0. The van der Waals surface area contributed by atoms with Crippen LogP contribution >= 0.6 is 0 Å². The Hall–Kier alpha value is -4.85. The third kappa shape index (κ3) is 6.43. The number of carbonyl (C=O) groups is 2. The Morgan fingerprint density at radius 1 is 0.838 bits per heavy atom. The maximum atomic E-state index is 12.8. The molecule has 8 nitrogen and oxygen atoms in total. The second-order valence-electron chi connectivity index (χ2n) is 7.78. The monoisotopic (exact) mass is 498 g/mol. The van der Waals surface area contributed by atoms with Gasteiger partial charge in [0.1, 0.15) is 11.5 Å². The zero-order valence-electron chi connectivity index (χ0n) is 20.5. The normalized spacial score (nSPS) is 10.8. The molecule has 4 aromatic rings. The first kappa shape index (κ1) is 25.2. The van der Waals surface area contributed by atoms with E-state index in [0.29, 0.717) is 40.7 Å². The molecule has 4 rings (SSSR count). The minimum atomic E-state index is -0.526. The van der Waals surface area contributed by atoms with Gasteiger partial charge in [-0.25, -0.2) is 10.2 Å². The van der Waals surface area contributed by atoms with Crippen LogP contribution in [0.4, 0.5) is 0 Å². The molecular weight excluding hydrogens is 472 g/mol. The Morgan fingerprint density at radius 2 is 1.57 bits per heavy atom. The van der Waals surface area contributed by atoms with Crippen LogP contribution in [0.2, 0.25) is 0 Å². The Balaban J connectivity index is 1.49. The van der Waals surface area contributed by atoms with Gasteiger partial charge >= 0.3 is 5.97 Å². The standard InChI is InChI=1S/C29H26N2O6/c1-3-35-22-15-12-21(13-16-22)29(33)37-25-17-14-20-8-4-5-9-23(20)24(25)18-30-31-28(32)19-36-27-11-7-6-10-26(27)34-2/h4-18H,3,19H2,1-2H3,(H,31,32)/b30-18+. The number of hydrogen-bond acceptors (Lipinski definition) is 7. The van der Waals surface area contributed by atoms with Crippen molar-refractivity contribution in [3.63, 3.8) is 0 Å². The van der Waals surface area contributed by atoms with Gasteiger partial charge in [0.05, 0.1) is 25.5 Å². The average Bonchev–Trinajstić information content (AvgIpc) is 2.93. The van der Waals surface area contributed by atoms with Crippen LogP contribution in [0.25, 0.3) is 10.8 Å². The SMILES string of the molecule is CCOc1ccc(C(=O)Oc2ccc3ccccc3c2/C=N/NC(=O)COc2ccccc2OC)cc1. The number of methoxy groups -OCH3 is 1. The highest BCUT2D eigenvalue weighted by molar-refractivity contribution is 6.04. The number of fused-ring (bicyclic) bond motifs is 1. The summed E-state index contributed by atoms with van der Waals surface area (Å²) in [5.74, 6) is 0.955. The molecule has 0 radical (unpaired) electrons. The fraction of sp³-hybridized carbons (Fsp3) is 0.138. The molecule has 0 heterocycles. The maximum Gasteiger partial charge on any atom is 0.343 e. The number of para-hydroxylation sites is 2. The highest BCUT2D eigenvalue weighted by Gasteiger charge is 2.14. The Kier molecular flexibility index (Phi) is 8.33. The summed E-state index contributed by atoms with van der Waals surface area (Å²) >= 11 is 0. The van der Waals surface area contributed by atoms with Crippen molar-refractivity contribution in [2.75, 3.05) is 20.3 Å². The van der Waals surface area contributed by atoms with Crippen LogP contribution in [0.15, 0.2) is 90.0 Å². The number of benzene rings is 4. The first-order chi connectivity index (χ1) is 18.1. The molecule has 0 spiro atoms. The van der Waals surface area contributed by atoms with Gasteiger partial charge < -0.3 is 18.9 Å². The summed E-state index contributed by atoms with van der Waals surface area (Å²) < 4.78 is 21.9. The minimum Gasteiger partial charge on any atom is -0.494 e. The third-order valence-electron chi connectivity index (χ3n) is 5.35. The van der Waals surface area contributed by atoms with E-state index in [1.165, 1.54) is 13.3 Å². The highest BCUT2D eigenvalue weighted by Crippen LogP contribution is 2.28. The van der Waals surface area contributed by atoms with E-state index >= 15 is 0 Å². The number of ether oxygens (including phenoxy) is 4. The molecule has 0 aliphatic carbocycles. The van der Waals surface area contributed by atoms with E-state index in [1.807, 2.05) is 37.3 Å². The zero-order chi connectivity index (χ0) is 26.0. The number of rotatable bonds is 10. The second kappa shape index (κ2) is 12.2. The van der Waals surface area contributed by atoms with Crippen molar-refractivity contribution in [2.45, 2.75) is 6.92 Å². The van der Waals surface area contributed by atoms with Crippen LogP contribution in [-0.4, -0.2) is 38.4 Å². The molecule has 188 valence electrons. The molecule has 0 aliphatic heterocycles. The van der Waals surface area contributed by atoms with Crippen molar-refractivity contribution >= 4 is 28.9 Å². The van der Waals surface area contributed by atoms with E-state index in [2.05, 4.69) is 10.5 Å². The second-order valence-corrected chi connectivity index (χ2v) is 7.78. The van der Waals surface area contributed by atoms with Gasteiger partial charge in [0.2, 0.25) is 0 Å². The molecule has 0 atom stereocenters. The molecule has 4 aromatic carbocycles. The quantitative estimate of drug-likeness (QED) is 0.143. The van der Waals surface area contributed by atoms with Crippen molar-refractivity contribution in [3.05, 3.63) is 96.1 Å². The number of carbonyl (C=O) groups excluding carboxylic acids is 2.